The fraction of sp³-hybridized carbons (Fsp3) is 0.600. The highest BCUT2D eigenvalue weighted by atomic mass is 16.5. The number of aromatic nitrogens is 1. The second-order valence-corrected chi connectivity index (χ2v) is 5.50. The molecule has 0 unspecified atom stereocenters. The molecule has 0 radical (unpaired) electrons. The Kier molecular flexibility index (Phi) is 5.09. The number of methoxy groups -OCH3 is 1. The van der Waals surface area contributed by atoms with Crippen LogP contribution in [0.15, 0.2) is 24.5 Å². The maximum Gasteiger partial charge on any atom is 0.311 e. The first kappa shape index (κ1) is 14.9. The molecule has 5 nitrogen and oxygen atoms in total. The van der Waals surface area contributed by atoms with Crippen molar-refractivity contribution in [3.8, 4) is 0 Å². The lowest BCUT2D eigenvalue weighted by molar-refractivity contribution is -0.154. The minimum absolute atomic E-state index is 0.493. The average molecular weight is 278 g/mol. The summed E-state index contributed by atoms with van der Waals surface area (Å²) in [6, 6.07) is 3.94. The van der Waals surface area contributed by atoms with E-state index >= 15 is 0 Å². The molecule has 0 aromatic carbocycles. The Balaban J connectivity index is 2.04. The number of ether oxygens (including phenoxy) is 1. The Bertz CT molecular complexity index is 438. The average Bonchev–Trinajstić information content (AvgIpc) is 2.46. The number of piperidine rings is 1. The Morgan fingerprint density at radius 1 is 1.60 bits per heavy atom. The van der Waals surface area contributed by atoms with E-state index in [9.17, 15) is 9.90 Å². The molecule has 5 heteroatoms. The molecule has 1 atom stereocenters. The zero-order chi connectivity index (χ0) is 14.4. The lowest BCUT2D eigenvalue weighted by Gasteiger charge is -2.39. The molecule has 0 amide bonds. The van der Waals surface area contributed by atoms with Crippen LogP contribution in [0.2, 0.25) is 0 Å². The number of aliphatic carboxylic acids is 1. The fourth-order valence-corrected chi connectivity index (χ4v) is 2.89. The summed E-state index contributed by atoms with van der Waals surface area (Å²) in [5.41, 5.74) is 0.455. The first-order valence-corrected chi connectivity index (χ1v) is 7.00. The highest BCUT2D eigenvalue weighted by Crippen LogP contribution is 2.34. The van der Waals surface area contributed by atoms with Crippen molar-refractivity contribution in [2.75, 3.05) is 26.8 Å². The molecular weight excluding hydrogens is 256 g/mol. The second kappa shape index (κ2) is 6.81. The van der Waals surface area contributed by atoms with Gasteiger partial charge in [-0.2, -0.15) is 0 Å². The maximum atomic E-state index is 11.7. The van der Waals surface area contributed by atoms with Gasteiger partial charge in [0.25, 0.3) is 0 Å². The molecule has 0 spiro atoms. The van der Waals surface area contributed by atoms with Crippen LogP contribution in [0.5, 0.6) is 0 Å². The van der Waals surface area contributed by atoms with Gasteiger partial charge in [-0.15, -0.1) is 0 Å². The summed E-state index contributed by atoms with van der Waals surface area (Å²) in [5, 5.41) is 9.60. The number of carboxylic acids is 1. The molecule has 1 aliphatic heterocycles. The van der Waals surface area contributed by atoms with Gasteiger partial charge in [-0.05, 0) is 37.4 Å². The van der Waals surface area contributed by atoms with Crippen LogP contribution >= 0.6 is 0 Å². The van der Waals surface area contributed by atoms with Crippen molar-refractivity contribution in [3.63, 3.8) is 0 Å². The molecular formula is C15H22N2O3. The molecule has 0 bridgehead atoms. The Morgan fingerprint density at radius 2 is 2.45 bits per heavy atom. The third-order valence-corrected chi connectivity index (χ3v) is 4.02. The molecule has 2 rings (SSSR count). The van der Waals surface area contributed by atoms with Gasteiger partial charge in [0.05, 0.1) is 5.41 Å². The molecule has 0 aliphatic carbocycles. The predicted octanol–water partition coefficient (Wildman–Crippen LogP) is 1.78. The number of pyridine rings is 1. The maximum absolute atomic E-state index is 11.7. The topological polar surface area (TPSA) is 62.7 Å². The highest BCUT2D eigenvalue weighted by Gasteiger charge is 2.41. The van der Waals surface area contributed by atoms with Crippen molar-refractivity contribution in [1.82, 2.24) is 9.88 Å². The van der Waals surface area contributed by atoms with Crippen LogP contribution in [0.3, 0.4) is 0 Å². The van der Waals surface area contributed by atoms with Crippen LogP contribution in [0.1, 0.15) is 24.8 Å². The fourth-order valence-electron chi connectivity index (χ4n) is 2.89. The SMILES string of the molecule is COCC[C@]1(C(=O)O)CCCN(Cc2cccnc2)C1. The van der Waals surface area contributed by atoms with Crippen LogP contribution < -0.4 is 0 Å². The van der Waals surface area contributed by atoms with Crippen LogP contribution in [-0.4, -0.2) is 47.8 Å². The number of rotatable bonds is 6. The van der Waals surface area contributed by atoms with E-state index in [1.165, 1.54) is 0 Å². The van der Waals surface area contributed by atoms with E-state index in [1.807, 2.05) is 18.3 Å². The van der Waals surface area contributed by atoms with Gasteiger partial charge in [-0.1, -0.05) is 6.07 Å². The van der Waals surface area contributed by atoms with Gasteiger partial charge in [0, 0.05) is 39.2 Å². The summed E-state index contributed by atoms with van der Waals surface area (Å²) in [7, 11) is 1.62. The largest absolute Gasteiger partial charge is 0.481 e. The monoisotopic (exact) mass is 278 g/mol. The molecule has 1 aromatic heterocycles. The molecule has 1 saturated heterocycles. The molecule has 2 heterocycles. The van der Waals surface area contributed by atoms with Crippen molar-refractivity contribution >= 4 is 5.97 Å². The molecule has 1 fully saturated rings. The van der Waals surface area contributed by atoms with Gasteiger partial charge in [0.1, 0.15) is 0 Å². The first-order valence-electron chi connectivity index (χ1n) is 7.00. The number of likely N-dealkylation sites (tertiary alicyclic amines) is 1. The summed E-state index contributed by atoms with van der Waals surface area (Å²) in [6.07, 6.45) is 5.81. The van der Waals surface area contributed by atoms with Crippen LogP contribution in [0.4, 0.5) is 0 Å². The molecule has 20 heavy (non-hydrogen) atoms. The van der Waals surface area contributed by atoms with E-state index in [2.05, 4.69) is 9.88 Å². The standard InChI is InChI=1S/C15H22N2O3/c1-20-9-6-15(14(18)19)5-3-8-17(12-15)11-13-4-2-7-16-10-13/h2,4,7,10H,3,5-6,8-9,11-12H2,1H3,(H,18,19)/t15-/m1/s1. The number of carboxylic acid groups (broad SMARTS) is 1. The van der Waals surface area contributed by atoms with Crippen LogP contribution in [0, 0.1) is 5.41 Å². The minimum Gasteiger partial charge on any atom is -0.481 e. The lowest BCUT2D eigenvalue weighted by atomic mass is 9.77. The summed E-state index contributed by atoms with van der Waals surface area (Å²) in [6.45, 7) is 2.78. The van der Waals surface area contributed by atoms with Gasteiger partial charge in [-0.25, -0.2) is 0 Å². The van der Waals surface area contributed by atoms with Crippen LogP contribution in [-0.2, 0) is 16.1 Å². The number of nitrogens with zero attached hydrogens (tertiary/aromatic N) is 2. The van der Waals surface area contributed by atoms with Crippen LogP contribution in [0.25, 0.3) is 0 Å². The van der Waals surface area contributed by atoms with E-state index in [0.29, 0.717) is 19.6 Å². The minimum atomic E-state index is -0.703. The van der Waals surface area contributed by atoms with E-state index in [4.69, 9.17) is 4.74 Å². The smallest absolute Gasteiger partial charge is 0.311 e. The molecule has 1 aromatic rings. The molecule has 110 valence electrons. The third kappa shape index (κ3) is 3.55. The number of hydrogen-bond acceptors (Lipinski definition) is 4. The van der Waals surface area contributed by atoms with Gasteiger partial charge in [-0.3, -0.25) is 14.7 Å². The van der Waals surface area contributed by atoms with E-state index in [-0.39, 0.29) is 0 Å². The zero-order valence-electron chi connectivity index (χ0n) is 11.9. The Hall–Kier alpha value is -1.46. The molecule has 0 saturated carbocycles. The molecule has 1 aliphatic rings. The quantitative estimate of drug-likeness (QED) is 0.859. The number of carbonyl (C=O) groups is 1. The summed E-state index contributed by atoms with van der Waals surface area (Å²) >= 11 is 0. The van der Waals surface area contributed by atoms with E-state index in [1.54, 1.807) is 13.3 Å². The van der Waals surface area contributed by atoms with Crippen molar-refractivity contribution < 1.29 is 14.6 Å². The lowest BCUT2D eigenvalue weighted by Crippen LogP contribution is -2.48. The predicted molar refractivity (Wildman–Crippen MR) is 75.3 cm³/mol. The Morgan fingerprint density at radius 3 is 3.10 bits per heavy atom. The highest BCUT2D eigenvalue weighted by molar-refractivity contribution is 5.75. The normalized spacial score (nSPS) is 23.6. The Labute approximate surface area is 119 Å². The van der Waals surface area contributed by atoms with Gasteiger partial charge >= 0.3 is 5.97 Å². The zero-order valence-corrected chi connectivity index (χ0v) is 11.9. The summed E-state index contributed by atoms with van der Waals surface area (Å²) < 4.78 is 5.08. The number of hydrogen-bond donors (Lipinski definition) is 1. The van der Waals surface area contributed by atoms with Gasteiger partial charge in [0.2, 0.25) is 0 Å². The first-order chi connectivity index (χ1) is 9.66. The second-order valence-electron chi connectivity index (χ2n) is 5.50. The van der Waals surface area contributed by atoms with Gasteiger partial charge < -0.3 is 9.84 Å². The molecule has 1 N–H and O–H groups in total. The van der Waals surface area contributed by atoms with Gasteiger partial charge in [0.15, 0.2) is 0 Å². The van der Waals surface area contributed by atoms with Crippen molar-refractivity contribution in [1.29, 1.82) is 0 Å². The van der Waals surface area contributed by atoms with Crippen molar-refractivity contribution in [3.05, 3.63) is 30.1 Å². The van der Waals surface area contributed by atoms with Crippen molar-refractivity contribution in [2.45, 2.75) is 25.8 Å². The summed E-state index contributed by atoms with van der Waals surface area (Å²) in [5.74, 6) is -0.703. The third-order valence-electron chi connectivity index (χ3n) is 4.02. The van der Waals surface area contributed by atoms with Crippen molar-refractivity contribution in [2.24, 2.45) is 5.41 Å². The van der Waals surface area contributed by atoms with E-state index < -0.39 is 11.4 Å². The summed E-state index contributed by atoms with van der Waals surface area (Å²) in [4.78, 5) is 18.0. The van der Waals surface area contributed by atoms with E-state index in [0.717, 1.165) is 31.5 Å².